The van der Waals surface area contributed by atoms with Crippen molar-refractivity contribution in [1.29, 1.82) is 0 Å². The number of fused-ring (bicyclic) bond motifs is 1. The number of hydrogen-bond acceptors (Lipinski definition) is 8. The Hall–Kier alpha value is -3.30. The Morgan fingerprint density at radius 1 is 1.21 bits per heavy atom. The summed E-state index contributed by atoms with van der Waals surface area (Å²) in [4.78, 5) is 25.2. The molecule has 3 aromatic rings. The Kier molecular flexibility index (Phi) is 4.99. The number of likely N-dealkylation sites (tertiary alicyclic amines) is 1. The van der Waals surface area contributed by atoms with E-state index in [1.165, 1.54) is 0 Å². The normalized spacial score (nSPS) is 16.8. The van der Waals surface area contributed by atoms with Crippen molar-refractivity contribution in [3.63, 3.8) is 0 Å². The summed E-state index contributed by atoms with van der Waals surface area (Å²) in [7, 11) is 3.81. The number of carbonyl (C=O) groups excluding carboxylic acids is 1. The lowest BCUT2D eigenvalue weighted by Gasteiger charge is -2.31. The third-order valence-electron chi connectivity index (χ3n) is 4.85. The average molecular weight is 396 g/mol. The minimum Gasteiger partial charge on any atom is -0.471 e. The van der Waals surface area contributed by atoms with Crippen molar-refractivity contribution in [3.8, 4) is 5.88 Å². The van der Waals surface area contributed by atoms with Crippen LogP contribution in [0.4, 0.5) is 5.82 Å². The van der Waals surface area contributed by atoms with Gasteiger partial charge in [0.15, 0.2) is 5.82 Å². The van der Waals surface area contributed by atoms with Crippen LogP contribution in [-0.4, -0.2) is 73.9 Å². The molecule has 10 nitrogen and oxygen atoms in total. The maximum atomic E-state index is 13.0. The van der Waals surface area contributed by atoms with Gasteiger partial charge in [0, 0.05) is 38.1 Å². The average Bonchev–Trinajstić information content (AvgIpc) is 3.12. The van der Waals surface area contributed by atoms with Crippen LogP contribution in [0.3, 0.4) is 0 Å². The molecule has 152 valence electrons. The molecule has 1 aliphatic rings. The van der Waals surface area contributed by atoms with Crippen LogP contribution in [0.2, 0.25) is 0 Å². The Morgan fingerprint density at radius 2 is 2.03 bits per heavy atom. The molecule has 0 saturated carbocycles. The van der Waals surface area contributed by atoms with Gasteiger partial charge in [-0.05, 0) is 38.8 Å². The number of rotatable bonds is 4. The fraction of sp³-hybridized carbons (Fsp3) is 0.474. The highest BCUT2D eigenvalue weighted by Gasteiger charge is 2.28. The van der Waals surface area contributed by atoms with Gasteiger partial charge in [0.2, 0.25) is 11.7 Å². The number of anilines is 1. The van der Waals surface area contributed by atoms with E-state index in [0.717, 1.165) is 30.0 Å². The minimum atomic E-state index is -0.213. The van der Waals surface area contributed by atoms with Gasteiger partial charge in [-0.3, -0.25) is 4.79 Å². The first kappa shape index (κ1) is 19.0. The van der Waals surface area contributed by atoms with E-state index < -0.39 is 0 Å². The maximum absolute atomic E-state index is 13.0. The lowest BCUT2D eigenvalue weighted by atomic mass is 10.1. The predicted molar refractivity (Wildman–Crippen MR) is 106 cm³/mol. The second-order valence-electron chi connectivity index (χ2n) is 7.44. The first-order valence-electron chi connectivity index (χ1n) is 9.59. The minimum absolute atomic E-state index is 0.147. The molecule has 1 saturated heterocycles. The Balaban J connectivity index is 1.46. The molecule has 1 atom stereocenters. The smallest absolute Gasteiger partial charge is 0.293 e. The number of amides is 1. The number of hydrogen-bond donors (Lipinski definition) is 0. The van der Waals surface area contributed by atoms with Crippen LogP contribution in [-0.2, 0) is 0 Å². The van der Waals surface area contributed by atoms with Crippen molar-refractivity contribution in [2.24, 2.45) is 0 Å². The van der Waals surface area contributed by atoms with E-state index >= 15 is 0 Å². The molecule has 0 bridgehead atoms. The van der Waals surface area contributed by atoms with Crippen molar-refractivity contribution in [2.75, 3.05) is 32.1 Å². The molecule has 3 aromatic heterocycles. The SMILES string of the molecule is Cc1cc(C)n2nc(C(=O)N3CCCC(Oc4ccc(N(C)C)nn4)C3)nc2n1. The second-order valence-corrected chi connectivity index (χ2v) is 7.44. The van der Waals surface area contributed by atoms with Crippen LogP contribution >= 0.6 is 0 Å². The summed E-state index contributed by atoms with van der Waals surface area (Å²) < 4.78 is 7.55. The fourth-order valence-electron chi connectivity index (χ4n) is 3.40. The number of ether oxygens (including phenoxy) is 1. The van der Waals surface area contributed by atoms with Gasteiger partial charge in [0.05, 0.1) is 6.54 Å². The summed E-state index contributed by atoms with van der Waals surface area (Å²) in [6, 6.07) is 5.55. The molecule has 10 heteroatoms. The van der Waals surface area contributed by atoms with E-state index in [0.29, 0.717) is 24.7 Å². The van der Waals surface area contributed by atoms with Crippen molar-refractivity contribution in [1.82, 2.24) is 34.7 Å². The summed E-state index contributed by atoms with van der Waals surface area (Å²) in [6.07, 6.45) is 1.54. The van der Waals surface area contributed by atoms with Gasteiger partial charge in [-0.2, -0.15) is 4.98 Å². The number of carbonyl (C=O) groups is 1. The molecule has 0 aliphatic carbocycles. The lowest BCUT2D eigenvalue weighted by Crippen LogP contribution is -2.44. The largest absolute Gasteiger partial charge is 0.471 e. The number of aryl methyl sites for hydroxylation is 2. The highest BCUT2D eigenvalue weighted by atomic mass is 16.5. The van der Waals surface area contributed by atoms with Crippen LogP contribution in [0, 0.1) is 13.8 Å². The Labute approximate surface area is 168 Å². The van der Waals surface area contributed by atoms with Gasteiger partial charge in [-0.15, -0.1) is 15.3 Å². The van der Waals surface area contributed by atoms with Crippen molar-refractivity contribution in [2.45, 2.75) is 32.8 Å². The molecular formula is C19H24N8O2. The van der Waals surface area contributed by atoms with E-state index in [1.807, 2.05) is 45.0 Å². The van der Waals surface area contributed by atoms with Crippen molar-refractivity contribution in [3.05, 3.63) is 35.4 Å². The van der Waals surface area contributed by atoms with Crippen LogP contribution in [0.1, 0.15) is 34.8 Å². The zero-order valence-electron chi connectivity index (χ0n) is 17.0. The molecular weight excluding hydrogens is 372 g/mol. The summed E-state index contributed by atoms with van der Waals surface area (Å²) in [5.74, 6) is 1.59. The number of aromatic nitrogens is 6. The molecule has 1 fully saturated rings. The monoisotopic (exact) mass is 396 g/mol. The standard InChI is InChI=1S/C19H24N8O2/c1-12-10-13(2)27-19(20-12)21-17(24-27)18(28)26-9-5-6-14(11-26)29-16-8-7-15(22-23-16)25(3)4/h7-8,10,14H,5-6,9,11H2,1-4H3. The molecule has 0 spiro atoms. The topological polar surface area (TPSA) is 102 Å². The van der Waals surface area contributed by atoms with Crippen LogP contribution in [0.15, 0.2) is 18.2 Å². The first-order chi connectivity index (χ1) is 13.9. The molecule has 4 heterocycles. The van der Waals surface area contributed by atoms with Gasteiger partial charge in [-0.1, -0.05) is 0 Å². The fourth-order valence-corrected chi connectivity index (χ4v) is 3.40. The summed E-state index contributed by atoms with van der Waals surface area (Å²) in [5, 5.41) is 12.6. The van der Waals surface area contributed by atoms with E-state index in [4.69, 9.17) is 4.74 Å². The molecule has 1 aliphatic heterocycles. The maximum Gasteiger partial charge on any atom is 0.293 e. The van der Waals surface area contributed by atoms with E-state index in [-0.39, 0.29) is 17.8 Å². The quantitative estimate of drug-likeness (QED) is 0.650. The van der Waals surface area contributed by atoms with E-state index in [9.17, 15) is 4.79 Å². The van der Waals surface area contributed by atoms with Gasteiger partial charge in [0.1, 0.15) is 6.10 Å². The zero-order valence-corrected chi connectivity index (χ0v) is 17.0. The molecule has 0 aromatic carbocycles. The molecule has 29 heavy (non-hydrogen) atoms. The first-order valence-corrected chi connectivity index (χ1v) is 9.59. The molecule has 0 N–H and O–H groups in total. The third kappa shape index (κ3) is 3.96. The predicted octanol–water partition coefficient (Wildman–Crippen LogP) is 1.28. The highest BCUT2D eigenvalue weighted by Crippen LogP contribution is 2.19. The second kappa shape index (κ2) is 7.61. The molecule has 4 rings (SSSR count). The van der Waals surface area contributed by atoms with Crippen LogP contribution in [0.5, 0.6) is 5.88 Å². The van der Waals surface area contributed by atoms with Gasteiger partial charge in [0.25, 0.3) is 11.7 Å². The summed E-state index contributed by atoms with van der Waals surface area (Å²) >= 11 is 0. The van der Waals surface area contributed by atoms with Crippen molar-refractivity contribution < 1.29 is 9.53 Å². The van der Waals surface area contributed by atoms with Crippen LogP contribution in [0.25, 0.3) is 5.78 Å². The molecule has 1 unspecified atom stereocenters. The molecule has 0 radical (unpaired) electrons. The molecule has 1 amide bonds. The third-order valence-corrected chi connectivity index (χ3v) is 4.85. The van der Waals surface area contributed by atoms with Gasteiger partial charge < -0.3 is 14.5 Å². The van der Waals surface area contributed by atoms with Gasteiger partial charge in [-0.25, -0.2) is 9.50 Å². The summed E-state index contributed by atoms with van der Waals surface area (Å²) in [5.41, 5.74) is 1.73. The van der Waals surface area contributed by atoms with E-state index in [2.05, 4.69) is 25.3 Å². The number of piperidine rings is 1. The summed E-state index contributed by atoms with van der Waals surface area (Å²) in [6.45, 7) is 4.91. The van der Waals surface area contributed by atoms with Crippen LogP contribution < -0.4 is 9.64 Å². The Bertz CT molecular complexity index is 1030. The van der Waals surface area contributed by atoms with Gasteiger partial charge >= 0.3 is 0 Å². The zero-order chi connectivity index (χ0) is 20.5. The Morgan fingerprint density at radius 3 is 2.76 bits per heavy atom. The lowest BCUT2D eigenvalue weighted by molar-refractivity contribution is 0.0515. The highest BCUT2D eigenvalue weighted by molar-refractivity contribution is 5.91. The van der Waals surface area contributed by atoms with Crippen molar-refractivity contribution >= 4 is 17.5 Å². The van der Waals surface area contributed by atoms with E-state index in [1.54, 1.807) is 15.5 Å². The number of nitrogens with zero attached hydrogens (tertiary/aromatic N) is 8.